The summed E-state index contributed by atoms with van der Waals surface area (Å²) in [6, 6.07) is 24.0. The van der Waals surface area contributed by atoms with Gasteiger partial charge in [0.25, 0.3) is 0 Å². The summed E-state index contributed by atoms with van der Waals surface area (Å²) in [5, 5.41) is 3.22. The molecule has 1 fully saturated rings. The molecule has 2 heterocycles. The van der Waals surface area contributed by atoms with Crippen LogP contribution in [0.3, 0.4) is 0 Å². The van der Waals surface area contributed by atoms with E-state index in [1.807, 2.05) is 72.8 Å². The van der Waals surface area contributed by atoms with Gasteiger partial charge in [-0.25, -0.2) is 0 Å². The Morgan fingerprint density at radius 3 is 2.03 bits per heavy atom. The standard InChI is InChI=1S/C25H28N2O2/c28-25(24(20-11-4-1-5-12-20)21-13-6-2-7-14-21)26-19-22(23-15-10-18-29-23)27-16-8-3-9-17-27/h1-2,4-7,10-15,18,22,24H,3,8-9,16-17,19H2,(H,26,28)/t22-/m0/s1. The molecule has 0 aliphatic carbocycles. The van der Waals surface area contributed by atoms with Crippen LogP contribution in [0, 0.1) is 0 Å². The van der Waals surface area contributed by atoms with Gasteiger partial charge in [-0.1, -0.05) is 67.1 Å². The first-order valence-corrected chi connectivity index (χ1v) is 10.5. The number of piperidine rings is 1. The van der Waals surface area contributed by atoms with Crippen LogP contribution in [-0.4, -0.2) is 30.4 Å². The molecule has 4 rings (SSSR count). The second-order valence-electron chi connectivity index (χ2n) is 7.63. The van der Waals surface area contributed by atoms with Gasteiger partial charge in [0, 0.05) is 6.54 Å². The molecule has 0 radical (unpaired) electrons. The smallest absolute Gasteiger partial charge is 0.232 e. The van der Waals surface area contributed by atoms with Crippen molar-refractivity contribution < 1.29 is 9.21 Å². The zero-order valence-electron chi connectivity index (χ0n) is 16.7. The number of hydrogen-bond donors (Lipinski definition) is 1. The van der Waals surface area contributed by atoms with Gasteiger partial charge in [0.05, 0.1) is 18.2 Å². The summed E-state index contributed by atoms with van der Waals surface area (Å²) in [6.45, 7) is 2.63. The lowest BCUT2D eigenvalue weighted by Crippen LogP contribution is -2.41. The van der Waals surface area contributed by atoms with Gasteiger partial charge in [0.15, 0.2) is 0 Å². The van der Waals surface area contributed by atoms with Crippen molar-refractivity contribution in [2.24, 2.45) is 0 Å². The summed E-state index contributed by atoms with van der Waals surface area (Å²) in [5.41, 5.74) is 2.01. The third kappa shape index (κ3) is 4.77. The minimum Gasteiger partial charge on any atom is -0.468 e. The number of nitrogens with one attached hydrogen (secondary N) is 1. The van der Waals surface area contributed by atoms with E-state index < -0.39 is 0 Å². The molecule has 0 spiro atoms. The molecule has 1 aliphatic rings. The second kappa shape index (κ2) is 9.57. The Hall–Kier alpha value is -2.85. The lowest BCUT2D eigenvalue weighted by molar-refractivity contribution is -0.122. The number of benzene rings is 2. The highest BCUT2D eigenvalue weighted by Gasteiger charge is 2.27. The van der Waals surface area contributed by atoms with E-state index in [0.717, 1.165) is 30.0 Å². The van der Waals surface area contributed by atoms with Crippen LogP contribution in [0.25, 0.3) is 0 Å². The normalized spacial score (nSPS) is 15.9. The molecule has 0 bridgehead atoms. The van der Waals surface area contributed by atoms with Crippen LogP contribution in [0.15, 0.2) is 83.5 Å². The molecular formula is C25H28N2O2. The Balaban J connectivity index is 1.53. The molecule has 3 aromatic rings. The SMILES string of the molecule is O=C(NC[C@@H](c1ccco1)N1CCCCC1)C(c1ccccc1)c1ccccc1. The van der Waals surface area contributed by atoms with Crippen LogP contribution < -0.4 is 5.32 Å². The maximum atomic E-state index is 13.3. The van der Waals surface area contributed by atoms with Gasteiger partial charge in [0.1, 0.15) is 5.76 Å². The van der Waals surface area contributed by atoms with Crippen molar-refractivity contribution in [2.45, 2.75) is 31.2 Å². The number of likely N-dealkylation sites (tertiary alicyclic amines) is 1. The predicted molar refractivity (Wildman–Crippen MR) is 115 cm³/mol. The van der Waals surface area contributed by atoms with Crippen molar-refractivity contribution in [1.29, 1.82) is 0 Å². The molecule has 150 valence electrons. The molecule has 1 atom stereocenters. The van der Waals surface area contributed by atoms with Crippen LogP contribution >= 0.6 is 0 Å². The van der Waals surface area contributed by atoms with E-state index in [0.29, 0.717) is 6.54 Å². The average Bonchev–Trinajstić information content (AvgIpc) is 3.31. The molecule has 0 saturated carbocycles. The molecule has 1 aromatic heterocycles. The summed E-state index contributed by atoms with van der Waals surface area (Å²) in [6.07, 6.45) is 5.38. The number of hydrogen-bond acceptors (Lipinski definition) is 3. The Bertz CT molecular complexity index is 832. The van der Waals surface area contributed by atoms with E-state index in [4.69, 9.17) is 4.42 Å². The highest BCUT2D eigenvalue weighted by Crippen LogP contribution is 2.27. The summed E-state index contributed by atoms with van der Waals surface area (Å²) in [4.78, 5) is 15.8. The van der Waals surface area contributed by atoms with Crippen LogP contribution in [0.4, 0.5) is 0 Å². The highest BCUT2D eigenvalue weighted by molar-refractivity contribution is 5.87. The maximum Gasteiger partial charge on any atom is 0.232 e. The van der Waals surface area contributed by atoms with Gasteiger partial charge >= 0.3 is 0 Å². The Labute approximate surface area is 172 Å². The molecule has 4 nitrogen and oxygen atoms in total. The fraction of sp³-hybridized carbons (Fsp3) is 0.320. The van der Waals surface area contributed by atoms with E-state index >= 15 is 0 Å². The first-order valence-electron chi connectivity index (χ1n) is 10.5. The number of carbonyl (C=O) groups is 1. The topological polar surface area (TPSA) is 45.5 Å². The summed E-state index contributed by atoms with van der Waals surface area (Å²) in [7, 11) is 0. The molecule has 1 amide bonds. The average molecular weight is 389 g/mol. The van der Waals surface area contributed by atoms with Crippen LogP contribution in [0.5, 0.6) is 0 Å². The molecule has 29 heavy (non-hydrogen) atoms. The van der Waals surface area contributed by atoms with E-state index in [2.05, 4.69) is 10.2 Å². The van der Waals surface area contributed by atoms with Gasteiger partial charge in [-0.15, -0.1) is 0 Å². The molecule has 1 aliphatic heterocycles. The van der Waals surface area contributed by atoms with Crippen molar-refractivity contribution in [1.82, 2.24) is 10.2 Å². The maximum absolute atomic E-state index is 13.3. The fourth-order valence-electron chi connectivity index (χ4n) is 4.21. The zero-order valence-corrected chi connectivity index (χ0v) is 16.7. The molecular weight excluding hydrogens is 360 g/mol. The van der Waals surface area contributed by atoms with E-state index in [1.54, 1.807) is 6.26 Å². The van der Waals surface area contributed by atoms with Gasteiger partial charge in [-0.05, 0) is 49.2 Å². The number of furan rings is 1. The largest absolute Gasteiger partial charge is 0.468 e. The van der Waals surface area contributed by atoms with E-state index in [1.165, 1.54) is 19.3 Å². The second-order valence-corrected chi connectivity index (χ2v) is 7.63. The van der Waals surface area contributed by atoms with Gasteiger partial charge in [0.2, 0.25) is 5.91 Å². The van der Waals surface area contributed by atoms with Crippen molar-refractivity contribution in [3.8, 4) is 0 Å². The fourth-order valence-corrected chi connectivity index (χ4v) is 4.21. The van der Waals surface area contributed by atoms with Gasteiger partial charge < -0.3 is 9.73 Å². The summed E-state index contributed by atoms with van der Waals surface area (Å²) < 4.78 is 5.72. The number of amides is 1. The predicted octanol–water partition coefficient (Wildman–Crippen LogP) is 4.75. The van der Waals surface area contributed by atoms with Crippen LogP contribution in [-0.2, 0) is 4.79 Å². The Kier molecular flexibility index (Phi) is 6.42. The van der Waals surface area contributed by atoms with Crippen molar-refractivity contribution in [3.63, 3.8) is 0 Å². The number of rotatable bonds is 7. The third-order valence-electron chi connectivity index (χ3n) is 5.70. The van der Waals surface area contributed by atoms with Crippen LogP contribution in [0.2, 0.25) is 0 Å². The molecule has 1 saturated heterocycles. The number of carbonyl (C=O) groups excluding carboxylic acids is 1. The van der Waals surface area contributed by atoms with Crippen molar-refractivity contribution in [3.05, 3.63) is 95.9 Å². The monoisotopic (exact) mass is 388 g/mol. The Morgan fingerprint density at radius 1 is 0.862 bits per heavy atom. The first-order chi connectivity index (χ1) is 14.3. The Morgan fingerprint density at radius 2 is 1.48 bits per heavy atom. The van der Waals surface area contributed by atoms with Gasteiger partial charge in [-0.2, -0.15) is 0 Å². The highest BCUT2D eigenvalue weighted by atomic mass is 16.3. The van der Waals surface area contributed by atoms with Gasteiger partial charge in [-0.3, -0.25) is 9.69 Å². The molecule has 0 unspecified atom stereocenters. The lowest BCUT2D eigenvalue weighted by Gasteiger charge is -2.33. The molecule has 2 aromatic carbocycles. The zero-order chi connectivity index (χ0) is 19.9. The van der Waals surface area contributed by atoms with E-state index in [-0.39, 0.29) is 17.9 Å². The van der Waals surface area contributed by atoms with E-state index in [9.17, 15) is 4.79 Å². The minimum absolute atomic E-state index is 0.0240. The number of nitrogens with zero attached hydrogens (tertiary/aromatic N) is 1. The van der Waals surface area contributed by atoms with Crippen molar-refractivity contribution in [2.75, 3.05) is 19.6 Å². The molecule has 1 N–H and O–H groups in total. The van der Waals surface area contributed by atoms with Crippen molar-refractivity contribution >= 4 is 5.91 Å². The van der Waals surface area contributed by atoms with Crippen LogP contribution in [0.1, 0.15) is 48.1 Å². The summed E-state index contributed by atoms with van der Waals surface area (Å²) in [5.74, 6) is 0.621. The summed E-state index contributed by atoms with van der Waals surface area (Å²) >= 11 is 0. The quantitative estimate of drug-likeness (QED) is 0.635. The lowest BCUT2D eigenvalue weighted by atomic mass is 9.90. The molecule has 4 heteroatoms. The first kappa shape index (κ1) is 19.5. The minimum atomic E-state index is -0.323. The third-order valence-corrected chi connectivity index (χ3v) is 5.70.